The van der Waals surface area contributed by atoms with Crippen molar-refractivity contribution in [1.82, 2.24) is 5.32 Å². The van der Waals surface area contributed by atoms with Gasteiger partial charge in [0.25, 0.3) is 0 Å². The van der Waals surface area contributed by atoms with Crippen LogP contribution in [0.5, 0.6) is 0 Å². The maximum absolute atomic E-state index is 12.2. The van der Waals surface area contributed by atoms with Crippen LogP contribution in [0, 0.1) is 0 Å². The minimum absolute atomic E-state index is 0.0333. The van der Waals surface area contributed by atoms with Crippen molar-refractivity contribution in [2.75, 3.05) is 6.54 Å². The van der Waals surface area contributed by atoms with Crippen LogP contribution < -0.4 is 11.1 Å². The van der Waals surface area contributed by atoms with Gasteiger partial charge in [0, 0.05) is 15.9 Å². The molecule has 0 aliphatic carbocycles. The summed E-state index contributed by atoms with van der Waals surface area (Å²) in [5.41, 5.74) is 6.67. The molecular formula is C14H15BrN2OS. The number of carbonyl (C=O) groups is 1. The molecule has 3 N–H and O–H groups in total. The lowest BCUT2D eigenvalue weighted by molar-refractivity contribution is -0.122. The molecule has 1 aromatic heterocycles. The summed E-state index contributed by atoms with van der Waals surface area (Å²) in [6, 6.07) is 11.6. The third-order valence-corrected chi connectivity index (χ3v) is 4.79. The smallest absolute Gasteiger partial charge is 0.229 e. The van der Waals surface area contributed by atoms with Crippen LogP contribution >= 0.6 is 27.3 Å². The van der Waals surface area contributed by atoms with E-state index in [0.717, 1.165) is 14.9 Å². The van der Waals surface area contributed by atoms with Crippen molar-refractivity contribution in [3.63, 3.8) is 0 Å². The number of nitrogens with one attached hydrogen (secondary N) is 1. The van der Waals surface area contributed by atoms with Crippen LogP contribution in [0.3, 0.4) is 0 Å². The van der Waals surface area contributed by atoms with E-state index in [1.807, 2.05) is 41.8 Å². The van der Waals surface area contributed by atoms with Gasteiger partial charge in [0.05, 0.1) is 12.5 Å². The Bertz CT molecular complexity index is 541. The highest BCUT2D eigenvalue weighted by atomic mass is 79.9. The number of nitrogens with two attached hydrogens (primary N) is 1. The molecule has 2 rings (SSSR count). The Morgan fingerprint density at radius 3 is 2.63 bits per heavy atom. The van der Waals surface area contributed by atoms with Gasteiger partial charge in [0.1, 0.15) is 0 Å². The quantitative estimate of drug-likeness (QED) is 0.880. The van der Waals surface area contributed by atoms with Gasteiger partial charge in [0.15, 0.2) is 0 Å². The summed E-state index contributed by atoms with van der Waals surface area (Å²) in [4.78, 5) is 13.3. The number of benzene rings is 1. The van der Waals surface area contributed by atoms with E-state index in [4.69, 9.17) is 5.73 Å². The normalized spacial score (nSPS) is 12.1. The topological polar surface area (TPSA) is 55.1 Å². The van der Waals surface area contributed by atoms with Crippen LogP contribution in [0.2, 0.25) is 0 Å². The zero-order chi connectivity index (χ0) is 13.7. The van der Waals surface area contributed by atoms with E-state index in [0.29, 0.717) is 13.1 Å². The Labute approximate surface area is 125 Å². The summed E-state index contributed by atoms with van der Waals surface area (Å²) < 4.78 is 1.03. The van der Waals surface area contributed by atoms with Gasteiger partial charge >= 0.3 is 0 Å². The average Bonchev–Trinajstić information content (AvgIpc) is 2.84. The van der Waals surface area contributed by atoms with Crippen molar-refractivity contribution < 1.29 is 4.79 Å². The zero-order valence-electron chi connectivity index (χ0n) is 10.3. The van der Waals surface area contributed by atoms with E-state index >= 15 is 0 Å². The largest absolute Gasteiger partial charge is 0.351 e. The fourth-order valence-electron chi connectivity index (χ4n) is 1.82. The molecule has 3 nitrogen and oxygen atoms in total. The predicted octanol–water partition coefficient (Wildman–Crippen LogP) is 2.87. The molecule has 1 amide bonds. The molecule has 0 saturated carbocycles. The molecule has 0 aliphatic rings. The summed E-state index contributed by atoms with van der Waals surface area (Å²) in [6.07, 6.45) is 0. The Morgan fingerprint density at radius 1 is 1.32 bits per heavy atom. The van der Waals surface area contributed by atoms with Gasteiger partial charge in [-0.05, 0) is 32.9 Å². The summed E-state index contributed by atoms with van der Waals surface area (Å²) in [6.45, 7) is 0.835. The number of carbonyl (C=O) groups excluding carboxylic acids is 1. The number of hydrogen-bond donors (Lipinski definition) is 2. The highest BCUT2D eigenvalue weighted by molar-refractivity contribution is 9.10. The van der Waals surface area contributed by atoms with Crippen molar-refractivity contribution in [1.29, 1.82) is 0 Å². The van der Waals surface area contributed by atoms with E-state index in [-0.39, 0.29) is 11.8 Å². The molecule has 1 unspecified atom stereocenters. The van der Waals surface area contributed by atoms with E-state index < -0.39 is 0 Å². The molecule has 0 aliphatic heterocycles. The second-order valence-electron chi connectivity index (χ2n) is 4.11. The van der Waals surface area contributed by atoms with Crippen molar-refractivity contribution in [2.24, 2.45) is 5.73 Å². The van der Waals surface area contributed by atoms with Crippen LogP contribution in [-0.2, 0) is 11.3 Å². The maximum Gasteiger partial charge on any atom is 0.229 e. The second kappa shape index (κ2) is 6.84. The van der Waals surface area contributed by atoms with Crippen molar-refractivity contribution in [3.8, 4) is 0 Å². The van der Waals surface area contributed by atoms with E-state index in [1.54, 1.807) is 11.3 Å². The molecule has 100 valence electrons. The summed E-state index contributed by atoms with van der Waals surface area (Å²) >= 11 is 5.06. The van der Waals surface area contributed by atoms with Gasteiger partial charge in [-0.25, -0.2) is 0 Å². The van der Waals surface area contributed by atoms with Crippen LogP contribution in [0.15, 0.2) is 46.3 Å². The zero-order valence-corrected chi connectivity index (χ0v) is 12.7. The molecule has 0 spiro atoms. The van der Waals surface area contributed by atoms with Gasteiger partial charge in [-0.1, -0.05) is 30.3 Å². The van der Waals surface area contributed by atoms with Crippen LogP contribution in [0.1, 0.15) is 16.4 Å². The van der Waals surface area contributed by atoms with E-state index in [9.17, 15) is 4.79 Å². The SMILES string of the molecule is NCC(C(=O)NCc1sccc1Br)c1ccccc1. The molecular weight excluding hydrogens is 324 g/mol. The lowest BCUT2D eigenvalue weighted by Gasteiger charge is -2.15. The highest BCUT2D eigenvalue weighted by Gasteiger charge is 2.18. The summed E-state index contributed by atoms with van der Waals surface area (Å²) in [7, 11) is 0. The molecule has 19 heavy (non-hydrogen) atoms. The lowest BCUT2D eigenvalue weighted by Crippen LogP contribution is -2.32. The van der Waals surface area contributed by atoms with Gasteiger partial charge < -0.3 is 11.1 Å². The van der Waals surface area contributed by atoms with Crippen LogP contribution in [0.4, 0.5) is 0 Å². The van der Waals surface area contributed by atoms with Gasteiger partial charge in [-0.2, -0.15) is 0 Å². The van der Waals surface area contributed by atoms with E-state index in [1.165, 1.54) is 0 Å². The molecule has 0 saturated heterocycles. The molecule has 5 heteroatoms. The Hall–Kier alpha value is -1.17. The van der Waals surface area contributed by atoms with Gasteiger partial charge in [0.2, 0.25) is 5.91 Å². The second-order valence-corrected chi connectivity index (χ2v) is 5.96. The Balaban J connectivity index is 2.00. The predicted molar refractivity (Wildman–Crippen MR) is 82.1 cm³/mol. The van der Waals surface area contributed by atoms with Crippen molar-refractivity contribution >= 4 is 33.2 Å². The van der Waals surface area contributed by atoms with Gasteiger partial charge in [-0.3, -0.25) is 4.79 Å². The molecule has 1 heterocycles. The first-order valence-corrected chi connectivity index (χ1v) is 7.64. The summed E-state index contributed by atoms with van der Waals surface area (Å²) in [5, 5.41) is 4.93. The first-order chi connectivity index (χ1) is 9.22. The van der Waals surface area contributed by atoms with Crippen LogP contribution in [-0.4, -0.2) is 12.5 Å². The number of rotatable bonds is 5. The van der Waals surface area contributed by atoms with Gasteiger partial charge in [-0.15, -0.1) is 11.3 Å². The van der Waals surface area contributed by atoms with Crippen LogP contribution in [0.25, 0.3) is 0 Å². The monoisotopic (exact) mass is 338 g/mol. The average molecular weight is 339 g/mol. The van der Waals surface area contributed by atoms with Crippen molar-refractivity contribution in [2.45, 2.75) is 12.5 Å². The minimum Gasteiger partial charge on any atom is -0.351 e. The molecule has 2 aromatic rings. The number of thiophene rings is 1. The molecule has 0 radical (unpaired) electrons. The van der Waals surface area contributed by atoms with Crippen molar-refractivity contribution in [3.05, 3.63) is 56.7 Å². The number of halogens is 1. The first kappa shape index (κ1) is 14.2. The fraction of sp³-hybridized carbons (Fsp3) is 0.214. The number of amides is 1. The standard InChI is InChI=1S/C14H15BrN2OS/c15-12-6-7-19-13(12)9-17-14(18)11(8-16)10-4-2-1-3-5-10/h1-7,11H,8-9,16H2,(H,17,18). The third kappa shape index (κ3) is 3.65. The lowest BCUT2D eigenvalue weighted by atomic mass is 9.98. The molecule has 0 fully saturated rings. The Kier molecular flexibility index (Phi) is 5.13. The third-order valence-electron chi connectivity index (χ3n) is 2.87. The molecule has 1 atom stereocenters. The fourth-order valence-corrected chi connectivity index (χ4v) is 3.25. The number of hydrogen-bond acceptors (Lipinski definition) is 3. The highest BCUT2D eigenvalue weighted by Crippen LogP contribution is 2.22. The molecule has 1 aromatic carbocycles. The first-order valence-electron chi connectivity index (χ1n) is 5.97. The maximum atomic E-state index is 12.2. The Morgan fingerprint density at radius 2 is 2.05 bits per heavy atom. The minimum atomic E-state index is -0.292. The van der Waals surface area contributed by atoms with E-state index in [2.05, 4.69) is 21.2 Å². The molecule has 0 bridgehead atoms. The summed E-state index contributed by atoms with van der Waals surface area (Å²) in [5.74, 6) is -0.325.